The van der Waals surface area contributed by atoms with Crippen LogP contribution in [0.15, 0.2) is 40.6 Å². The molecule has 0 fully saturated rings. The number of hydrogen-bond donors (Lipinski definition) is 1. The van der Waals surface area contributed by atoms with Gasteiger partial charge in [-0.15, -0.1) is 11.3 Å². The van der Waals surface area contributed by atoms with Crippen LogP contribution in [0.5, 0.6) is 0 Å². The zero-order valence-electron chi connectivity index (χ0n) is 12.3. The summed E-state index contributed by atoms with van der Waals surface area (Å²) < 4.78 is 69.9. The van der Waals surface area contributed by atoms with Crippen LogP contribution in [0, 0.1) is 0 Å². The molecule has 2 aromatic rings. The first kappa shape index (κ1) is 18.4. The zero-order chi connectivity index (χ0) is 18.0. The number of sulfonamides is 1. The van der Waals surface area contributed by atoms with Crippen LogP contribution in [-0.2, 0) is 27.5 Å². The minimum absolute atomic E-state index is 0.144. The summed E-state index contributed by atoms with van der Waals surface area (Å²) >= 11 is 0.864. The summed E-state index contributed by atoms with van der Waals surface area (Å²) in [5, 5.41) is 1.38. The third-order valence-corrected chi connectivity index (χ3v) is 5.53. The molecule has 10 heteroatoms. The summed E-state index contributed by atoms with van der Waals surface area (Å²) in [5.74, 6) is -0.832. The van der Waals surface area contributed by atoms with E-state index < -0.39 is 34.3 Å². The Morgan fingerprint density at radius 3 is 2.54 bits per heavy atom. The number of hydrogen-bond acceptors (Lipinski definition) is 5. The van der Waals surface area contributed by atoms with E-state index in [0.717, 1.165) is 24.5 Å². The molecule has 0 amide bonds. The summed E-state index contributed by atoms with van der Waals surface area (Å²) in [5.41, 5.74) is -1.14. The minimum Gasteiger partial charge on any atom is -0.465 e. The molecule has 0 aliphatic heterocycles. The second-order valence-corrected chi connectivity index (χ2v) is 7.24. The van der Waals surface area contributed by atoms with Crippen molar-refractivity contribution in [2.75, 3.05) is 7.11 Å². The molecule has 5 nitrogen and oxygen atoms in total. The molecule has 0 aliphatic carbocycles. The largest absolute Gasteiger partial charge is 0.465 e. The van der Waals surface area contributed by atoms with E-state index in [9.17, 15) is 26.4 Å². The van der Waals surface area contributed by atoms with Crippen LogP contribution >= 0.6 is 11.3 Å². The SMILES string of the molecule is COC(=O)c1sccc1S(=O)(=O)NCc1ccccc1C(F)(F)F. The molecule has 24 heavy (non-hydrogen) atoms. The highest BCUT2D eigenvalue weighted by Crippen LogP contribution is 2.32. The highest BCUT2D eigenvalue weighted by molar-refractivity contribution is 7.89. The molecule has 1 heterocycles. The highest BCUT2D eigenvalue weighted by atomic mass is 32.2. The van der Waals surface area contributed by atoms with Crippen LogP contribution in [-0.4, -0.2) is 21.5 Å². The van der Waals surface area contributed by atoms with Crippen molar-refractivity contribution in [3.8, 4) is 0 Å². The number of halogens is 3. The Morgan fingerprint density at radius 1 is 1.25 bits per heavy atom. The second-order valence-electron chi connectivity index (χ2n) is 4.59. The van der Waals surface area contributed by atoms with Crippen LogP contribution in [0.1, 0.15) is 20.8 Å². The number of alkyl halides is 3. The molecule has 1 N–H and O–H groups in total. The van der Waals surface area contributed by atoms with E-state index >= 15 is 0 Å². The lowest BCUT2D eigenvalue weighted by atomic mass is 10.1. The van der Waals surface area contributed by atoms with Crippen molar-refractivity contribution in [2.24, 2.45) is 0 Å². The molecular weight excluding hydrogens is 367 g/mol. The number of ether oxygens (including phenoxy) is 1. The number of nitrogens with one attached hydrogen (secondary N) is 1. The molecule has 2 rings (SSSR count). The molecule has 0 saturated carbocycles. The predicted molar refractivity (Wildman–Crippen MR) is 81.1 cm³/mol. The summed E-state index contributed by atoms with van der Waals surface area (Å²) in [6.07, 6.45) is -4.60. The van der Waals surface area contributed by atoms with Crippen molar-refractivity contribution in [2.45, 2.75) is 17.6 Å². The van der Waals surface area contributed by atoms with Gasteiger partial charge in [-0.25, -0.2) is 17.9 Å². The van der Waals surface area contributed by atoms with E-state index in [4.69, 9.17) is 0 Å². The smallest absolute Gasteiger partial charge is 0.416 e. The van der Waals surface area contributed by atoms with E-state index in [1.54, 1.807) is 0 Å². The lowest BCUT2D eigenvalue weighted by molar-refractivity contribution is -0.138. The molecular formula is C14H12F3NO4S2. The quantitative estimate of drug-likeness (QED) is 0.811. The Morgan fingerprint density at radius 2 is 1.92 bits per heavy atom. The molecule has 0 bridgehead atoms. The number of esters is 1. The first-order valence-electron chi connectivity index (χ1n) is 6.47. The maximum Gasteiger partial charge on any atom is 0.416 e. The first-order chi connectivity index (χ1) is 11.2. The summed E-state index contributed by atoms with van der Waals surface area (Å²) in [6.45, 7) is -0.561. The standard InChI is InChI=1S/C14H12F3NO4S2/c1-22-13(19)12-11(6-7-23-12)24(20,21)18-8-9-4-2-3-5-10(9)14(15,16)17/h2-7,18H,8H2,1H3. The highest BCUT2D eigenvalue weighted by Gasteiger charge is 2.33. The Balaban J connectivity index is 2.27. The van der Waals surface area contributed by atoms with E-state index in [2.05, 4.69) is 9.46 Å². The van der Waals surface area contributed by atoms with Crippen molar-refractivity contribution in [3.05, 3.63) is 51.7 Å². The second kappa shape index (κ2) is 6.91. The van der Waals surface area contributed by atoms with Gasteiger partial charge in [0.2, 0.25) is 10.0 Å². The third-order valence-electron chi connectivity index (χ3n) is 3.06. The molecule has 0 spiro atoms. The van der Waals surface area contributed by atoms with Gasteiger partial charge in [-0.1, -0.05) is 18.2 Å². The van der Waals surface area contributed by atoms with Crippen LogP contribution in [0.25, 0.3) is 0 Å². The van der Waals surface area contributed by atoms with Crippen LogP contribution < -0.4 is 4.72 Å². The van der Waals surface area contributed by atoms with Crippen molar-refractivity contribution in [1.29, 1.82) is 0 Å². The van der Waals surface area contributed by atoms with E-state index in [-0.39, 0.29) is 15.3 Å². The predicted octanol–water partition coefficient (Wildman–Crippen LogP) is 3.03. The fraction of sp³-hybridized carbons (Fsp3) is 0.214. The molecule has 0 saturated heterocycles. The van der Waals surface area contributed by atoms with Crippen LogP contribution in [0.4, 0.5) is 13.2 Å². The number of thiophene rings is 1. The molecule has 0 radical (unpaired) electrons. The van der Waals surface area contributed by atoms with Crippen molar-refractivity contribution in [3.63, 3.8) is 0 Å². The van der Waals surface area contributed by atoms with Gasteiger partial charge in [-0.3, -0.25) is 0 Å². The van der Waals surface area contributed by atoms with Gasteiger partial charge in [-0.2, -0.15) is 13.2 Å². The average Bonchev–Trinajstić information content (AvgIpc) is 3.02. The van der Waals surface area contributed by atoms with Crippen LogP contribution in [0.2, 0.25) is 0 Å². The molecule has 130 valence electrons. The summed E-state index contributed by atoms with van der Waals surface area (Å²) in [7, 11) is -3.07. The fourth-order valence-electron chi connectivity index (χ4n) is 1.95. The van der Waals surface area contributed by atoms with Crippen molar-refractivity contribution in [1.82, 2.24) is 4.72 Å². The van der Waals surface area contributed by atoms with Gasteiger partial charge in [0.15, 0.2) is 0 Å². The third kappa shape index (κ3) is 3.94. The topological polar surface area (TPSA) is 72.5 Å². The first-order valence-corrected chi connectivity index (χ1v) is 8.83. The van der Waals surface area contributed by atoms with Gasteiger partial charge in [0, 0.05) is 6.54 Å². The number of carbonyl (C=O) groups excluding carboxylic acids is 1. The van der Waals surface area contributed by atoms with Gasteiger partial charge < -0.3 is 4.74 Å². The van der Waals surface area contributed by atoms with Gasteiger partial charge in [0.1, 0.15) is 9.77 Å². The lowest BCUT2D eigenvalue weighted by Gasteiger charge is -2.13. The normalized spacial score (nSPS) is 12.2. The van der Waals surface area contributed by atoms with Crippen molar-refractivity contribution < 1.29 is 31.1 Å². The molecule has 0 atom stereocenters. The van der Waals surface area contributed by atoms with Gasteiger partial charge >= 0.3 is 12.1 Å². The Hall–Kier alpha value is -1.91. The monoisotopic (exact) mass is 379 g/mol. The number of carbonyl (C=O) groups is 1. The lowest BCUT2D eigenvalue weighted by Crippen LogP contribution is -2.25. The molecule has 1 aromatic carbocycles. The average molecular weight is 379 g/mol. The van der Waals surface area contributed by atoms with Gasteiger partial charge in [0.25, 0.3) is 0 Å². The molecule has 0 unspecified atom stereocenters. The van der Waals surface area contributed by atoms with Gasteiger partial charge in [-0.05, 0) is 23.1 Å². The van der Waals surface area contributed by atoms with E-state index in [0.29, 0.717) is 0 Å². The number of rotatable bonds is 5. The number of benzene rings is 1. The maximum atomic E-state index is 12.9. The minimum atomic E-state index is -4.60. The van der Waals surface area contributed by atoms with Gasteiger partial charge in [0.05, 0.1) is 12.7 Å². The van der Waals surface area contributed by atoms with E-state index in [1.165, 1.54) is 29.6 Å². The van der Waals surface area contributed by atoms with Crippen molar-refractivity contribution >= 4 is 27.3 Å². The van der Waals surface area contributed by atoms with Crippen LogP contribution in [0.3, 0.4) is 0 Å². The summed E-state index contributed by atoms with van der Waals surface area (Å²) in [4.78, 5) is 11.1. The molecule has 0 aliphatic rings. The number of methoxy groups -OCH3 is 1. The fourth-order valence-corrected chi connectivity index (χ4v) is 4.29. The Labute approximate surface area is 140 Å². The molecule has 1 aromatic heterocycles. The Bertz CT molecular complexity index is 844. The Kier molecular flexibility index (Phi) is 5.31. The zero-order valence-corrected chi connectivity index (χ0v) is 13.9. The maximum absolute atomic E-state index is 12.9. The van der Waals surface area contributed by atoms with E-state index in [1.807, 2.05) is 0 Å². The summed E-state index contributed by atoms with van der Waals surface area (Å²) in [6, 6.07) is 5.83.